The van der Waals surface area contributed by atoms with Crippen LogP contribution in [0.5, 0.6) is 0 Å². The van der Waals surface area contributed by atoms with E-state index in [1.54, 1.807) is 6.92 Å². The molecule has 0 N–H and O–H groups in total. The minimum Gasteiger partial charge on any atom is -0.216 e. The first-order chi connectivity index (χ1) is 6.42. The molecule has 0 saturated carbocycles. The van der Waals surface area contributed by atoms with Crippen LogP contribution in [0.15, 0.2) is 0 Å². The lowest BCUT2D eigenvalue weighted by atomic mass is 10.1. The molecule has 0 aromatic carbocycles. The van der Waals surface area contributed by atoms with E-state index in [0.717, 1.165) is 0 Å². The summed E-state index contributed by atoms with van der Waals surface area (Å²) in [6.07, 6.45) is -0.281. The van der Waals surface area contributed by atoms with Crippen molar-refractivity contribution in [3.63, 3.8) is 0 Å². The van der Waals surface area contributed by atoms with Gasteiger partial charge in [-0.05, 0) is 17.5 Å². The third kappa shape index (κ3) is 1.37. The summed E-state index contributed by atoms with van der Waals surface area (Å²) >= 11 is 11.2. The van der Waals surface area contributed by atoms with Gasteiger partial charge in [-0.25, -0.2) is 9.97 Å². The summed E-state index contributed by atoms with van der Waals surface area (Å²) in [6.45, 7) is 1.67. The summed E-state index contributed by atoms with van der Waals surface area (Å²) in [6, 6.07) is 0. The second kappa shape index (κ2) is 3.00. The predicted octanol–water partition coefficient (Wildman–Crippen LogP) is 3.38. The lowest BCUT2D eigenvalue weighted by Crippen LogP contribution is -2.10. The van der Waals surface area contributed by atoms with Gasteiger partial charge >= 0.3 is 0 Å². The predicted molar refractivity (Wildman–Crippen MR) is 49.0 cm³/mol. The van der Waals surface area contributed by atoms with Gasteiger partial charge in [-0.3, -0.25) is 0 Å². The molecule has 1 aromatic heterocycles. The Bertz CT molecular complexity index is 395. The minimum atomic E-state index is -2.94. The van der Waals surface area contributed by atoms with Crippen molar-refractivity contribution in [2.75, 3.05) is 0 Å². The Kier molecular flexibility index (Phi) is 2.16. The summed E-state index contributed by atoms with van der Waals surface area (Å²) in [5, 5.41) is -0.202. The van der Waals surface area contributed by atoms with E-state index in [0.29, 0.717) is 5.56 Å². The number of nitrogens with zero attached hydrogens (tertiary/aromatic N) is 2. The molecular formula is C8H6Cl2F2N2. The van der Waals surface area contributed by atoms with Gasteiger partial charge in [0, 0.05) is 12.0 Å². The van der Waals surface area contributed by atoms with Crippen molar-refractivity contribution < 1.29 is 8.78 Å². The maximum atomic E-state index is 13.3. The molecule has 76 valence electrons. The topological polar surface area (TPSA) is 25.8 Å². The van der Waals surface area contributed by atoms with Crippen LogP contribution >= 0.6 is 23.2 Å². The van der Waals surface area contributed by atoms with Gasteiger partial charge in [-0.15, -0.1) is 0 Å². The van der Waals surface area contributed by atoms with Crippen molar-refractivity contribution in [2.24, 2.45) is 0 Å². The largest absolute Gasteiger partial charge is 0.290 e. The molecule has 6 heteroatoms. The normalized spacial score (nSPS) is 23.6. The van der Waals surface area contributed by atoms with Crippen LogP contribution in [0, 0.1) is 0 Å². The monoisotopic (exact) mass is 238 g/mol. The molecule has 14 heavy (non-hydrogen) atoms. The fourth-order valence-corrected chi connectivity index (χ4v) is 2.28. The molecule has 1 atom stereocenters. The van der Waals surface area contributed by atoms with E-state index in [1.807, 2.05) is 0 Å². The van der Waals surface area contributed by atoms with Crippen molar-refractivity contribution >= 4 is 23.2 Å². The number of hydrogen-bond donors (Lipinski definition) is 0. The average molecular weight is 239 g/mol. The van der Waals surface area contributed by atoms with E-state index in [1.165, 1.54) is 0 Å². The number of halogens is 4. The van der Waals surface area contributed by atoms with E-state index < -0.39 is 5.92 Å². The minimum absolute atomic E-state index is 0.0321. The lowest BCUT2D eigenvalue weighted by Gasteiger charge is -2.08. The Hall–Kier alpha value is -0.480. The Morgan fingerprint density at radius 1 is 1.36 bits per heavy atom. The van der Waals surface area contributed by atoms with Gasteiger partial charge in [-0.1, -0.05) is 18.5 Å². The standard InChI is InChI=1S/C8H6Cl2F2N2/c1-3-2-8(11,12)5-4(3)6(9)14-7(10)13-5/h3H,2H2,1H3. The van der Waals surface area contributed by atoms with Crippen LogP contribution in [0.4, 0.5) is 8.78 Å². The molecule has 0 amide bonds. The van der Waals surface area contributed by atoms with E-state index in [4.69, 9.17) is 23.2 Å². The first-order valence-electron chi connectivity index (χ1n) is 4.03. The zero-order chi connectivity index (χ0) is 10.5. The maximum Gasteiger partial charge on any atom is 0.290 e. The molecule has 2 rings (SSSR count). The number of hydrogen-bond acceptors (Lipinski definition) is 2. The number of alkyl halides is 2. The SMILES string of the molecule is CC1CC(F)(F)c2nc(Cl)nc(Cl)c21. The van der Waals surface area contributed by atoms with Crippen molar-refractivity contribution in [1.29, 1.82) is 0 Å². The molecule has 0 spiro atoms. The molecule has 0 radical (unpaired) electrons. The molecule has 0 saturated heterocycles. The van der Waals surface area contributed by atoms with E-state index in [9.17, 15) is 8.78 Å². The zero-order valence-corrected chi connectivity index (χ0v) is 8.70. The van der Waals surface area contributed by atoms with Crippen LogP contribution in [0.2, 0.25) is 10.4 Å². The highest BCUT2D eigenvalue weighted by Gasteiger charge is 2.46. The highest BCUT2D eigenvalue weighted by molar-refractivity contribution is 6.32. The summed E-state index contributed by atoms with van der Waals surface area (Å²) in [5.41, 5.74) is -0.00364. The van der Waals surface area contributed by atoms with E-state index >= 15 is 0 Å². The Morgan fingerprint density at radius 2 is 2.00 bits per heavy atom. The second-order valence-electron chi connectivity index (χ2n) is 3.36. The van der Waals surface area contributed by atoms with Crippen LogP contribution in [-0.2, 0) is 5.92 Å². The molecule has 0 bridgehead atoms. The number of aromatic nitrogens is 2. The first kappa shape index (κ1) is 10.1. The summed E-state index contributed by atoms with van der Waals surface area (Å²) in [4.78, 5) is 7.19. The molecule has 1 aromatic rings. The molecule has 1 heterocycles. The highest BCUT2D eigenvalue weighted by Crippen LogP contribution is 2.49. The zero-order valence-electron chi connectivity index (χ0n) is 7.19. The summed E-state index contributed by atoms with van der Waals surface area (Å²) < 4.78 is 26.7. The van der Waals surface area contributed by atoms with Crippen molar-refractivity contribution in [3.8, 4) is 0 Å². The molecule has 1 aliphatic carbocycles. The van der Waals surface area contributed by atoms with Gasteiger partial charge in [0.15, 0.2) is 0 Å². The summed E-state index contributed by atoms with van der Waals surface area (Å²) in [5.74, 6) is -3.27. The van der Waals surface area contributed by atoms with Gasteiger partial charge in [0.25, 0.3) is 5.92 Å². The number of rotatable bonds is 0. The van der Waals surface area contributed by atoms with Crippen molar-refractivity contribution in [3.05, 3.63) is 21.7 Å². The van der Waals surface area contributed by atoms with Crippen LogP contribution in [0.3, 0.4) is 0 Å². The van der Waals surface area contributed by atoms with Gasteiger partial charge < -0.3 is 0 Å². The van der Waals surface area contributed by atoms with Crippen LogP contribution in [0.1, 0.15) is 30.5 Å². The quantitative estimate of drug-likeness (QED) is 0.512. The van der Waals surface area contributed by atoms with Gasteiger partial charge in [0.2, 0.25) is 5.28 Å². The van der Waals surface area contributed by atoms with E-state index in [2.05, 4.69) is 9.97 Å². The first-order valence-corrected chi connectivity index (χ1v) is 4.78. The average Bonchev–Trinajstić information content (AvgIpc) is 2.21. The molecule has 1 unspecified atom stereocenters. The summed E-state index contributed by atoms with van der Waals surface area (Å²) in [7, 11) is 0. The third-order valence-electron chi connectivity index (χ3n) is 2.27. The van der Waals surface area contributed by atoms with Crippen LogP contribution in [-0.4, -0.2) is 9.97 Å². The highest BCUT2D eigenvalue weighted by atomic mass is 35.5. The molecular weight excluding hydrogens is 233 g/mol. The molecule has 2 nitrogen and oxygen atoms in total. The third-order valence-corrected chi connectivity index (χ3v) is 2.73. The Balaban J connectivity index is 2.69. The van der Waals surface area contributed by atoms with E-state index in [-0.39, 0.29) is 28.5 Å². The smallest absolute Gasteiger partial charge is 0.216 e. The van der Waals surface area contributed by atoms with Gasteiger partial charge in [0.05, 0.1) is 0 Å². The lowest BCUT2D eigenvalue weighted by molar-refractivity contribution is -0.00975. The van der Waals surface area contributed by atoms with Crippen LogP contribution < -0.4 is 0 Å². The molecule has 0 aliphatic heterocycles. The Morgan fingerprint density at radius 3 is 2.64 bits per heavy atom. The second-order valence-corrected chi connectivity index (χ2v) is 4.05. The fraction of sp³-hybridized carbons (Fsp3) is 0.500. The Labute approximate surface area is 89.3 Å². The maximum absolute atomic E-state index is 13.3. The van der Waals surface area contributed by atoms with Gasteiger partial charge in [0.1, 0.15) is 10.8 Å². The van der Waals surface area contributed by atoms with Crippen LogP contribution in [0.25, 0.3) is 0 Å². The van der Waals surface area contributed by atoms with Crippen molar-refractivity contribution in [2.45, 2.75) is 25.2 Å². The van der Waals surface area contributed by atoms with Crippen molar-refractivity contribution in [1.82, 2.24) is 9.97 Å². The molecule has 0 fully saturated rings. The van der Waals surface area contributed by atoms with Gasteiger partial charge in [-0.2, -0.15) is 8.78 Å². The molecule has 1 aliphatic rings. The number of fused-ring (bicyclic) bond motifs is 1. The fourth-order valence-electron chi connectivity index (χ4n) is 1.72.